The summed E-state index contributed by atoms with van der Waals surface area (Å²) >= 11 is 0. The lowest BCUT2D eigenvalue weighted by Crippen LogP contribution is -2.38. The number of alkyl halides is 3. The predicted molar refractivity (Wildman–Crippen MR) is 196 cm³/mol. The van der Waals surface area contributed by atoms with Gasteiger partial charge in [0.2, 0.25) is 0 Å². The van der Waals surface area contributed by atoms with Crippen molar-refractivity contribution in [3.8, 4) is 11.3 Å². The van der Waals surface area contributed by atoms with Crippen LogP contribution in [-0.4, -0.2) is 26.4 Å². The molecule has 1 aliphatic heterocycles. The van der Waals surface area contributed by atoms with E-state index in [2.05, 4.69) is 57.4 Å². The van der Waals surface area contributed by atoms with Crippen molar-refractivity contribution in [1.82, 2.24) is 20.1 Å². The first-order valence-corrected chi connectivity index (χ1v) is 16.9. The highest BCUT2D eigenvalue weighted by atomic mass is 19.4. The van der Waals surface area contributed by atoms with Gasteiger partial charge in [0.1, 0.15) is 16.9 Å². The Morgan fingerprint density at radius 2 is 1.29 bits per heavy atom. The molecule has 0 unspecified atom stereocenters. The topological polar surface area (TPSA) is 72.2 Å². The Kier molecular flexibility index (Phi) is 8.26. The molecule has 3 heterocycles. The first kappa shape index (κ1) is 32.8. The van der Waals surface area contributed by atoms with E-state index in [-0.39, 0.29) is 12.3 Å². The van der Waals surface area contributed by atoms with Crippen molar-refractivity contribution >= 4 is 28.2 Å². The van der Waals surface area contributed by atoms with Crippen LogP contribution in [0.1, 0.15) is 46.3 Å². The van der Waals surface area contributed by atoms with Crippen molar-refractivity contribution in [2.24, 2.45) is 4.99 Å². The number of fused-ring (bicyclic) bond motifs is 2. The molecule has 5 aromatic carbocycles. The molecule has 0 bridgehead atoms. The first-order chi connectivity index (χ1) is 25.2. The van der Waals surface area contributed by atoms with Crippen LogP contribution in [0.2, 0.25) is 0 Å². The number of aromatic nitrogens is 3. The summed E-state index contributed by atoms with van der Waals surface area (Å²) in [5.41, 5.74) is 6.34. The molecule has 0 radical (unpaired) electrons. The largest absolute Gasteiger partial charge is 0.416 e. The molecule has 1 N–H and O–H groups in total. The molecule has 1 atom stereocenters. The van der Waals surface area contributed by atoms with E-state index < -0.39 is 23.3 Å². The minimum absolute atomic E-state index is 0.279. The fourth-order valence-corrected chi connectivity index (χ4v) is 7.14. The number of aliphatic imine (C=N–C) groups is 1. The quantitative estimate of drug-likeness (QED) is 0.162. The monoisotopic (exact) mass is 691 g/mol. The van der Waals surface area contributed by atoms with Gasteiger partial charge >= 0.3 is 6.18 Å². The predicted octanol–water partition coefficient (Wildman–Crippen LogP) is 9.46. The van der Waals surface area contributed by atoms with E-state index in [9.17, 15) is 18.0 Å². The average molecular weight is 692 g/mol. The van der Waals surface area contributed by atoms with Crippen LogP contribution in [0.25, 0.3) is 22.2 Å². The number of hydrogen-bond donors (Lipinski definition) is 1. The van der Waals surface area contributed by atoms with Crippen molar-refractivity contribution in [1.29, 1.82) is 0 Å². The number of pyridine rings is 1. The minimum atomic E-state index is -4.43. The number of carbonyl (C=O) groups is 1. The molecular formula is C43H32F3N5O. The third-order valence-electron chi connectivity index (χ3n) is 9.69. The Morgan fingerprint density at radius 3 is 1.83 bits per heavy atom. The Morgan fingerprint density at radius 1 is 0.731 bits per heavy atom. The normalized spacial score (nSPS) is 13.4. The van der Waals surface area contributed by atoms with Gasteiger partial charge in [0.15, 0.2) is 0 Å². The lowest BCUT2D eigenvalue weighted by molar-refractivity contribution is -0.137. The van der Waals surface area contributed by atoms with Crippen LogP contribution in [-0.2, 0) is 22.9 Å². The summed E-state index contributed by atoms with van der Waals surface area (Å²) in [6, 6.07) is 43.2. The molecular weight excluding hydrogens is 660 g/mol. The van der Waals surface area contributed by atoms with Gasteiger partial charge in [-0.2, -0.15) is 18.3 Å². The van der Waals surface area contributed by atoms with Gasteiger partial charge in [0.05, 0.1) is 22.8 Å². The van der Waals surface area contributed by atoms with E-state index >= 15 is 0 Å². The van der Waals surface area contributed by atoms with Gasteiger partial charge in [-0.15, -0.1) is 0 Å². The minimum Gasteiger partial charge on any atom is -0.344 e. The molecule has 6 nitrogen and oxygen atoms in total. The van der Waals surface area contributed by atoms with Gasteiger partial charge < -0.3 is 5.32 Å². The highest BCUT2D eigenvalue weighted by Gasteiger charge is 2.41. The van der Waals surface area contributed by atoms with E-state index in [1.807, 2.05) is 72.8 Å². The average Bonchev–Trinajstić information content (AvgIpc) is 3.77. The standard InChI is InChI=1S/C43H32F3N5O/c1-28(29-17-19-35(20-18-29)43(44,45)46)48-41(52)38-25-31-26-39-36(27-37(31)49-38)40(30-21-23-47-24-22-30)50-51(39)42(32-11-5-2-6-12-32,33-13-7-3-8-14-33)34-15-9-4-10-16-34/h2-24,26-28H,25H2,1H3,(H,48,52)/t28-/m1/s1. The lowest BCUT2D eigenvalue weighted by atomic mass is 9.77. The van der Waals surface area contributed by atoms with E-state index in [0.717, 1.165) is 56.5 Å². The maximum Gasteiger partial charge on any atom is 0.416 e. The summed E-state index contributed by atoms with van der Waals surface area (Å²) in [6.45, 7) is 1.74. The molecule has 8 rings (SSSR count). The van der Waals surface area contributed by atoms with E-state index in [0.29, 0.717) is 17.0 Å². The first-order valence-electron chi connectivity index (χ1n) is 16.9. The zero-order valence-corrected chi connectivity index (χ0v) is 28.0. The maximum absolute atomic E-state index is 13.6. The number of halogens is 3. The van der Waals surface area contributed by atoms with Crippen LogP contribution in [0, 0.1) is 0 Å². The fourth-order valence-electron chi connectivity index (χ4n) is 7.14. The number of hydrogen-bond acceptors (Lipinski definition) is 4. The molecule has 0 saturated heterocycles. The van der Waals surface area contributed by atoms with Crippen molar-refractivity contribution in [3.05, 3.63) is 185 Å². The molecule has 1 amide bonds. The lowest BCUT2D eigenvalue weighted by Gasteiger charge is -2.37. The molecule has 52 heavy (non-hydrogen) atoms. The summed E-state index contributed by atoms with van der Waals surface area (Å²) in [5, 5.41) is 9.23. The van der Waals surface area contributed by atoms with Gasteiger partial charge in [-0.05, 0) is 71.1 Å². The van der Waals surface area contributed by atoms with Crippen LogP contribution in [0.15, 0.2) is 157 Å². The van der Waals surface area contributed by atoms with Crippen molar-refractivity contribution in [2.45, 2.75) is 31.1 Å². The molecule has 0 aliphatic carbocycles. The number of benzene rings is 5. The molecule has 256 valence electrons. The van der Waals surface area contributed by atoms with Gasteiger partial charge in [-0.1, -0.05) is 103 Å². The second kappa shape index (κ2) is 13.1. The summed E-state index contributed by atoms with van der Waals surface area (Å²) in [5.74, 6) is -0.379. The number of nitrogens with one attached hydrogen (secondary N) is 1. The Hall–Kier alpha value is -6.35. The number of rotatable bonds is 8. The molecule has 0 spiro atoms. The number of nitrogens with zero attached hydrogens (tertiary/aromatic N) is 4. The Labute approximate surface area is 298 Å². The van der Waals surface area contributed by atoms with Crippen LogP contribution in [0.3, 0.4) is 0 Å². The fraction of sp³-hybridized carbons (Fsp3) is 0.116. The summed E-state index contributed by atoms with van der Waals surface area (Å²) in [6.07, 6.45) is -0.673. The third kappa shape index (κ3) is 5.74. The summed E-state index contributed by atoms with van der Waals surface area (Å²) in [4.78, 5) is 22.6. The third-order valence-corrected chi connectivity index (χ3v) is 9.69. The molecule has 0 saturated carbocycles. The highest BCUT2D eigenvalue weighted by Crippen LogP contribution is 2.45. The van der Waals surface area contributed by atoms with Gasteiger partial charge in [0, 0.05) is 29.8 Å². The smallest absolute Gasteiger partial charge is 0.344 e. The summed E-state index contributed by atoms with van der Waals surface area (Å²) < 4.78 is 41.5. The second-order valence-electron chi connectivity index (χ2n) is 12.9. The Balaban J connectivity index is 1.26. The van der Waals surface area contributed by atoms with Crippen LogP contribution >= 0.6 is 0 Å². The van der Waals surface area contributed by atoms with Crippen LogP contribution < -0.4 is 5.32 Å². The van der Waals surface area contributed by atoms with Crippen molar-refractivity contribution in [2.75, 3.05) is 0 Å². The molecule has 9 heteroatoms. The Bertz CT molecular complexity index is 2310. The van der Waals surface area contributed by atoms with E-state index in [1.54, 1.807) is 19.3 Å². The maximum atomic E-state index is 13.6. The number of carbonyl (C=O) groups excluding carboxylic acids is 1. The van der Waals surface area contributed by atoms with Gasteiger partial charge in [0.25, 0.3) is 5.91 Å². The molecule has 1 aliphatic rings. The van der Waals surface area contributed by atoms with Crippen LogP contribution in [0.4, 0.5) is 18.9 Å². The van der Waals surface area contributed by atoms with Crippen LogP contribution in [0.5, 0.6) is 0 Å². The zero-order valence-electron chi connectivity index (χ0n) is 28.0. The molecule has 7 aromatic rings. The molecule has 0 fully saturated rings. The summed E-state index contributed by atoms with van der Waals surface area (Å²) in [7, 11) is 0. The second-order valence-corrected chi connectivity index (χ2v) is 12.9. The van der Waals surface area contributed by atoms with Crippen molar-refractivity contribution in [3.63, 3.8) is 0 Å². The van der Waals surface area contributed by atoms with E-state index in [4.69, 9.17) is 10.1 Å². The zero-order chi connectivity index (χ0) is 35.9. The van der Waals surface area contributed by atoms with Crippen molar-refractivity contribution < 1.29 is 18.0 Å². The van der Waals surface area contributed by atoms with E-state index in [1.165, 1.54) is 12.1 Å². The highest BCUT2D eigenvalue weighted by molar-refractivity contribution is 6.41. The van der Waals surface area contributed by atoms with Gasteiger partial charge in [-0.3, -0.25) is 9.78 Å². The number of amides is 1. The molecule has 2 aromatic heterocycles. The van der Waals surface area contributed by atoms with Gasteiger partial charge in [-0.25, -0.2) is 9.67 Å². The SMILES string of the molecule is C[C@@H](NC(=O)C1=Nc2cc3c(-c4ccncc4)nn(C(c4ccccc4)(c4ccccc4)c4ccccc4)c3cc2C1)c1ccc(C(F)(F)F)cc1.